The predicted molar refractivity (Wildman–Crippen MR) is 94.8 cm³/mol. The molecule has 150 valence electrons. The van der Waals surface area contributed by atoms with Gasteiger partial charge in [-0.2, -0.15) is 13.2 Å². The van der Waals surface area contributed by atoms with Gasteiger partial charge in [0.1, 0.15) is 5.51 Å². The molecule has 1 unspecified atom stereocenters. The summed E-state index contributed by atoms with van der Waals surface area (Å²) in [5, 5.41) is 19.2. The Bertz CT molecular complexity index is 822. The first-order valence-corrected chi connectivity index (χ1v) is 9.29. The van der Waals surface area contributed by atoms with Crippen LogP contribution >= 0.6 is 11.3 Å². The van der Waals surface area contributed by atoms with E-state index in [2.05, 4.69) is 32.5 Å². The molecule has 11 heteroatoms. The zero-order valence-electron chi connectivity index (χ0n) is 14.5. The van der Waals surface area contributed by atoms with E-state index in [4.69, 9.17) is 9.90 Å². The van der Waals surface area contributed by atoms with Crippen molar-refractivity contribution in [2.75, 3.05) is 18.0 Å². The van der Waals surface area contributed by atoms with Crippen LogP contribution in [0.2, 0.25) is 0 Å². The molecule has 0 aliphatic carbocycles. The lowest BCUT2D eigenvalue weighted by molar-refractivity contribution is -0.192. The highest BCUT2D eigenvalue weighted by atomic mass is 32.1. The van der Waals surface area contributed by atoms with Crippen molar-refractivity contribution in [2.45, 2.75) is 25.1 Å². The van der Waals surface area contributed by atoms with Gasteiger partial charge >= 0.3 is 12.1 Å². The van der Waals surface area contributed by atoms with E-state index in [9.17, 15) is 18.0 Å². The monoisotopic (exact) mass is 414 g/mol. The second-order valence-corrected chi connectivity index (χ2v) is 7.30. The van der Waals surface area contributed by atoms with Gasteiger partial charge in [-0.05, 0) is 18.4 Å². The molecule has 1 aromatic carbocycles. The molecule has 0 bridgehead atoms. The van der Waals surface area contributed by atoms with Gasteiger partial charge in [0.2, 0.25) is 11.0 Å². The number of β-lactam (4-membered cyclic amide) rings is 1. The molecule has 1 amide bonds. The number of nitrogens with one attached hydrogen (secondary N) is 1. The number of carboxylic acid groups (broad SMARTS) is 1. The largest absolute Gasteiger partial charge is 0.490 e. The second-order valence-electron chi connectivity index (χ2n) is 6.48. The number of alkyl halides is 3. The molecule has 2 saturated heterocycles. The first-order chi connectivity index (χ1) is 13.2. The van der Waals surface area contributed by atoms with Gasteiger partial charge in [0, 0.05) is 13.1 Å². The van der Waals surface area contributed by atoms with E-state index in [-0.39, 0.29) is 17.4 Å². The van der Waals surface area contributed by atoms with Crippen LogP contribution < -0.4 is 10.2 Å². The fourth-order valence-corrected chi connectivity index (χ4v) is 4.05. The van der Waals surface area contributed by atoms with E-state index < -0.39 is 12.1 Å². The number of nitrogens with zero attached hydrogens (tertiary/aromatic N) is 3. The molecule has 28 heavy (non-hydrogen) atoms. The van der Waals surface area contributed by atoms with Crippen LogP contribution in [0.15, 0.2) is 35.8 Å². The summed E-state index contributed by atoms with van der Waals surface area (Å²) in [6.45, 7) is 1.73. The summed E-state index contributed by atoms with van der Waals surface area (Å²) in [6, 6.07) is 10.4. The number of rotatable bonds is 2. The minimum Gasteiger partial charge on any atom is -0.475 e. The van der Waals surface area contributed by atoms with Crippen molar-refractivity contribution in [1.29, 1.82) is 0 Å². The Kier molecular flexibility index (Phi) is 5.54. The molecule has 3 heterocycles. The summed E-state index contributed by atoms with van der Waals surface area (Å²) in [5.41, 5.74) is 2.73. The van der Waals surface area contributed by atoms with Crippen molar-refractivity contribution in [3.63, 3.8) is 0 Å². The Labute approximate surface area is 162 Å². The third-order valence-corrected chi connectivity index (χ3v) is 5.68. The minimum absolute atomic E-state index is 0.155. The van der Waals surface area contributed by atoms with Crippen LogP contribution in [-0.2, 0) is 9.59 Å². The van der Waals surface area contributed by atoms with Crippen molar-refractivity contribution >= 4 is 28.3 Å². The molecule has 1 aromatic heterocycles. The smallest absolute Gasteiger partial charge is 0.475 e. The standard InChI is InChI=1S/C15H16N4OS.C2HF3O2/c20-13-15(12(17-13)11-4-2-1-3-5-11)6-8-19(9-7-15)14-18-16-10-21-14;3-2(4,5)1(6)7/h1-5,10,12H,6-9H2,(H,17,20);(H,6,7). The fraction of sp³-hybridized carbons (Fsp3) is 0.412. The number of hydrogen-bond acceptors (Lipinski definition) is 6. The fourth-order valence-electron chi connectivity index (χ4n) is 3.43. The zero-order valence-corrected chi connectivity index (χ0v) is 15.3. The molecular formula is C17H17F3N4O3S. The van der Waals surface area contributed by atoms with E-state index in [1.807, 2.05) is 18.2 Å². The van der Waals surface area contributed by atoms with Gasteiger partial charge in [-0.1, -0.05) is 41.7 Å². The van der Waals surface area contributed by atoms with Crippen LogP contribution in [0, 0.1) is 5.41 Å². The normalized spacial score (nSPS) is 20.6. The average Bonchev–Trinajstić information content (AvgIpc) is 3.21. The molecule has 1 atom stereocenters. The summed E-state index contributed by atoms with van der Waals surface area (Å²) >= 11 is 1.56. The molecule has 2 fully saturated rings. The van der Waals surface area contributed by atoms with E-state index in [0.717, 1.165) is 31.1 Å². The van der Waals surface area contributed by atoms with E-state index in [1.165, 1.54) is 5.56 Å². The number of anilines is 1. The van der Waals surface area contributed by atoms with Gasteiger partial charge in [-0.15, -0.1) is 10.2 Å². The Morgan fingerprint density at radius 3 is 2.32 bits per heavy atom. The number of aliphatic carboxylic acids is 1. The summed E-state index contributed by atoms with van der Waals surface area (Å²) < 4.78 is 31.7. The van der Waals surface area contributed by atoms with Gasteiger partial charge in [-0.3, -0.25) is 4.79 Å². The lowest BCUT2D eigenvalue weighted by Crippen LogP contribution is -2.64. The highest BCUT2D eigenvalue weighted by Crippen LogP contribution is 2.50. The molecule has 2 N–H and O–H groups in total. The molecule has 2 aliphatic rings. The van der Waals surface area contributed by atoms with Gasteiger partial charge in [0.25, 0.3) is 0 Å². The van der Waals surface area contributed by atoms with E-state index in [0.29, 0.717) is 0 Å². The number of hydrogen-bond donors (Lipinski definition) is 2. The van der Waals surface area contributed by atoms with Gasteiger partial charge < -0.3 is 15.3 Å². The van der Waals surface area contributed by atoms with Crippen molar-refractivity contribution in [3.8, 4) is 0 Å². The third-order valence-electron chi connectivity index (χ3n) is 4.93. The van der Waals surface area contributed by atoms with Crippen molar-refractivity contribution in [1.82, 2.24) is 15.5 Å². The number of aromatic nitrogens is 2. The molecule has 2 aliphatic heterocycles. The topological polar surface area (TPSA) is 95.4 Å². The SMILES string of the molecule is O=C(O)C(F)(F)F.O=C1NC(c2ccccc2)C12CCN(c1nncs1)CC2. The quantitative estimate of drug-likeness (QED) is 0.734. The zero-order chi connectivity index (χ0) is 20.4. The van der Waals surface area contributed by atoms with Crippen LogP contribution in [0.25, 0.3) is 0 Å². The van der Waals surface area contributed by atoms with Crippen LogP contribution in [-0.4, -0.2) is 46.4 Å². The lowest BCUT2D eigenvalue weighted by Gasteiger charge is -2.52. The minimum atomic E-state index is -5.08. The maximum Gasteiger partial charge on any atom is 0.490 e. The number of carbonyl (C=O) groups excluding carboxylic acids is 1. The average molecular weight is 414 g/mol. The number of piperidine rings is 1. The first kappa shape index (κ1) is 20.1. The molecule has 0 radical (unpaired) electrons. The Morgan fingerprint density at radius 2 is 1.86 bits per heavy atom. The van der Waals surface area contributed by atoms with Gasteiger partial charge in [-0.25, -0.2) is 4.79 Å². The Hall–Kier alpha value is -2.69. The Balaban J connectivity index is 0.000000279. The van der Waals surface area contributed by atoms with Gasteiger partial charge in [0.05, 0.1) is 11.5 Å². The summed E-state index contributed by atoms with van der Waals surface area (Å²) in [6.07, 6.45) is -3.34. The lowest BCUT2D eigenvalue weighted by atomic mass is 9.64. The van der Waals surface area contributed by atoms with E-state index >= 15 is 0 Å². The van der Waals surface area contributed by atoms with Crippen LogP contribution in [0.4, 0.5) is 18.3 Å². The van der Waals surface area contributed by atoms with Crippen molar-refractivity contribution in [3.05, 3.63) is 41.4 Å². The molecule has 4 rings (SSSR count). The van der Waals surface area contributed by atoms with Crippen molar-refractivity contribution < 1.29 is 27.9 Å². The predicted octanol–water partition coefficient (Wildman–Crippen LogP) is 2.63. The number of carboxylic acids is 1. The van der Waals surface area contributed by atoms with Crippen LogP contribution in [0.3, 0.4) is 0 Å². The second kappa shape index (κ2) is 7.74. The maximum atomic E-state index is 12.2. The van der Waals surface area contributed by atoms with Crippen LogP contribution in [0.1, 0.15) is 24.4 Å². The number of halogens is 3. The third kappa shape index (κ3) is 3.93. The summed E-state index contributed by atoms with van der Waals surface area (Å²) in [7, 11) is 0. The number of benzene rings is 1. The highest BCUT2D eigenvalue weighted by Gasteiger charge is 2.56. The van der Waals surface area contributed by atoms with Gasteiger partial charge in [0.15, 0.2) is 0 Å². The Morgan fingerprint density at radius 1 is 1.25 bits per heavy atom. The molecular weight excluding hydrogens is 397 g/mol. The molecule has 0 saturated carbocycles. The number of carbonyl (C=O) groups is 2. The van der Waals surface area contributed by atoms with E-state index in [1.54, 1.807) is 16.8 Å². The van der Waals surface area contributed by atoms with Crippen LogP contribution in [0.5, 0.6) is 0 Å². The summed E-state index contributed by atoms with van der Waals surface area (Å²) in [5.74, 6) is -2.55. The molecule has 7 nitrogen and oxygen atoms in total. The summed E-state index contributed by atoms with van der Waals surface area (Å²) in [4.78, 5) is 23.4. The maximum absolute atomic E-state index is 12.2. The highest BCUT2D eigenvalue weighted by molar-refractivity contribution is 7.13. The first-order valence-electron chi connectivity index (χ1n) is 8.41. The number of amides is 1. The van der Waals surface area contributed by atoms with Crippen molar-refractivity contribution in [2.24, 2.45) is 5.41 Å². The molecule has 2 aromatic rings. The molecule has 1 spiro atoms.